The minimum Gasteiger partial charge on any atom is -0.508 e. The number of benzene rings is 3. The van der Waals surface area contributed by atoms with Crippen LogP contribution in [0.5, 0.6) is 5.75 Å². The van der Waals surface area contributed by atoms with Crippen LogP contribution in [0.15, 0.2) is 97.1 Å². The van der Waals surface area contributed by atoms with Gasteiger partial charge in [-0.1, -0.05) is 54.6 Å². The van der Waals surface area contributed by atoms with Crippen molar-refractivity contribution >= 4 is 28.9 Å². The van der Waals surface area contributed by atoms with Gasteiger partial charge in [-0.3, -0.25) is 14.5 Å². The van der Waals surface area contributed by atoms with Crippen molar-refractivity contribution in [3.05, 3.63) is 97.1 Å². The Balaban J connectivity index is 1.63. The first-order valence-corrected chi connectivity index (χ1v) is 10.3. The van der Waals surface area contributed by atoms with Crippen LogP contribution in [0.2, 0.25) is 0 Å². The number of aromatic hydroxyl groups is 1. The predicted molar refractivity (Wildman–Crippen MR) is 122 cm³/mol. The molecule has 5 heteroatoms. The molecule has 2 amide bonds. The maximum atomic E-state index is 13.8. The normalized spacial score (nSPS) is 17.7. The van der Waals surface area contributed by atoms with Crippen LogP contribution >= 0.6 is 0 Å². The minimum atomic E-state index is -0.505. The van der Waals surface area contributed by atoms with Gasteiger partial charge in [0.2, 0.25) is 11.8 Å². The second-order valence-corrected chi connectivity index (χ2v) is 7.54. The van der Waals surface area contributed by atoms with E-state index in [4.69, 9.17) is 0 Å². The predicted octanol–water partition coefficient (Wildman–Crippen LogP) is 5.28. The van der Waals surface area contributed by atoms with Crippen LogP contribution in [0, 0.1) is 11.8 Å². The number of rotatable bonds is 5. The molecule has 0 saturated heterocycles. The number of hydrogen-bond donors (Lipinski definition) is 2. The molecule has 0 bridgehead atoms. The highest BCUT2D eigenvalue weighted by Gasteiger charge is 2.37. The molecule has 0 radical (unpaired) electrons. The molecule has 2 atom stereocenters. The van der Waals surface area contributed by atoms with E-state index in [1.807, 2.05) is 72.8 Å². The van der Waals surface area contributed by atoms with E-state index in [9.17, 15) is 14.7 Å². The molecular weight excluding hydrogens is 388 g/mol. The lowest BCUT2D eigenvalue weighted by Crippen LogP contribution is -2.41. The van der Waals surface area contributed by atoms with Crippen molar-refractivity contribution in [1.82, 2.24) is 0 Å². The number of nitrogens with zero attached hydrogens (tertiary/aromatic N) is 1. The Kier molecular flexibility index (Phi) is 6.13. The number of allylic oxidation sites excluding steroid dienone is 2. The molecule has 3 aromatic carbocycles. The first-order chi connectivity index (χ1) is 15.1. The molecule has 2 N–H and O–H groups in total. The van der Waals surface area contributed by atoms with Crippen molar-refractivity contribution in [2.45, 2.75) is 12.8 Å². The fourth-order valence-corrected chi connectivity index (χ4v) is 3.92. The largest absolute Gasteiger partial charge is 0.508 e. The molecule has 5 nitrogen and oxygen atoms in total. The zero-order valence-corrected chi connectivity index (χ0v) is 17.0. The van der Waals surface area contributed by atoms with E-state index in [0.29, 0.717) is 18.5 Å². The smallest absolute Gasteiger partial charge is 0.235 e. The van der Waals surface area contributed by atoms with E-state index >= 15 is 0 Å². The van der Waals surface area contributed by atoms with Gasteiger partial charge in [0.05, 0.1) is 11.8 Å². The Hall–Kier alpha value is -3.86. The van der Waals surface area contributed by atoms with E-state index < -0.39 is 11.8 Å². The van der Waals surface area contributed by atoms with Gasteiger partial charge in [0.1, 0.15) is 5.75 Å². The van der Waals surface area contributed by atoms with Crippen molar-refractivity contribution in [2.24, 2.45) is 11.8 Å². The SMILES string of the molecule is O=C(Nc1cccc(O)c1)C1CC=CCC1C(=O)N(c1ccccc1)c1ccccc1. The summed E-state index contributed by atoms with van der Waals surface area (Å²) >= 11 is 0. The van der Waals surface area contributed by atoms with E-state index in [1.165, 1.54) is 6.07 Å². The Morgan fingerprint density at radius 3 is 1.94 bits per heavy atom. The first-order valence-electron chi connectivity index (χ1n) is 10.3. The van der Waals surface area contributed by atoms with Crippen LogP contribution in [0.1, 0.15) is 12.8 Å². The Morgan fingerprint density at radius 1 is 0.774 bits per heavy atom. The third-order valence-corrected chi connectivity index (χ3v) is 5.45. The molecule has 4 rings (SSSR count). The number of anilines is 3. The van der Waals surface area contributed by atoms with Gasteiger partial charge < -0.3 is 10.4 Å². The van der Waals surface area contributed by atoms with Gasteiger partial charge in [-0.25, -0.2) is 0 Å². The summed E-state index contributed by atoms with van der Waals surface area (Å²) in [5.41, 5.74) is 2.04. The van der Waals surface area contributed by atoms with Crippen LogP contribution in [-0.2, 0) is 9.59 Å². The number of nitrogens with one attached hydrogen (secondary N) is 1. The molecule has 0 aromatic heterocycles. The third-order valence-electron chi connectivity index (χ3n) is 5.45. The maximum Gasteiger partial charge on any atom is 0.235 e. The summed E-state index contributed by atoms with van der Waals surface area (Å²) in [7, 11) is 0. The van der Waals surface area contributed by atoms with Crippen molar-refractivity contribution in [1.29, 1.82) is 0 Å². The number of carbonyl (C=O) groups is 2. The summed E-state index contributed by atoms with van der Waals surface area (Å²) in [5, 5.41) is 12.5. The molecule has 1 aliphatic rings. The quantitative estimate of drug-likeness (QED) is 0.560. The van der Waals surface area contributed by atoms with E-state index in [-0.39, 0.29) is 17.6 Å². The van der Waals surface area contributed by atoms with Crippen LogP contribution in [0.3, 0.4) is 0 Å². The highest BCUT2D eigenvalue weighted by molar-refractivity contribution is 6.05. The molecule has 31 heavy (non-hydrogen) atoms. The second kappa shape index (κ2) is 9.30. The highest BCUT2D eigenvalue weighted by atomic mass is 16.3. The highest BCUT2D eigenvalue weighted by Crippen LogP contribution is 2.34. The average Bonchev–Trinajstić information content (AvgIpc) is 2.80. The lowest BCUT2D eigenvalue weighted by molar-refractivity contribution is -0.130. The standard InChI is InChI=1S/C26H24N2O3/c29-22-15-9-10-19(18-22)27-25(30)23-16-7-8-17-24(23)26(31)28(20-11-3-1-4-12-20)21-13-5-2-6-14-21/h1-15,18,23-24,29H,16-17H2,(H,27,30). The number of hydrogen-bond acceptors (Lipinski definition) is 3. The van der Waals surface area contributed by atoms with Crippen LogP contribution < -0.4 is 10.2 Å². The van der Waals surface area contributed by atoms with Crippen LogP contribution in [-0.4, -0.2) is 16.9 Å². The van der Waals surface area contributed by atoms with Gasteiger partial charge in [-0.15, -0.1) is 0 Å². The minimum absolute atomic E-state index is 0.0771. The third kappa shape index (κ3) is 4.67. The summed E-state index contributed by atoms with van der Waals surface area (Å²) in [6, 6.07) is 25.4. The Labute approximate surface area is 181 Å². The lowest BCUT2D eigenvalue weighted by atomic mass is 9.81. The molecule has 0 fully saturated rings. The number of carbonyl (C=O) groups excluding carboxylic acids is 2. The average molecular weight is 412 g/mol. The number of amides is 2. The zero-order valence-electron chi connectivity index (χ0n) is 17.0. The Bertz CT molecular complexity index is 1040. The van der Waals surface area contributed by atoms with Gasteiger partial charge in [0.15, 0.2) is 0 Å². The molecule has 0 spiro atoms. The number of phenols is 1. The monoisotopic (exact) mass is 412 g/mol. The van der Waals surface area contributed by atoms with Crippen LogP contribution in [0.25, 0.3) is 0 Å². The summed E-state index contributed by atoms with van der Waals surface area (Å²) in [6.45, 7) is 0. The van der Waals surface area contributed by atoms with E-state index in [1.54, 1.807) is 23.1 Å². The van der Waals surface area contributed by atoms with Gasteiger partial charge in [0.25, 0.3) is 0 Å². The molecule has 1 aliphatic carbocycles. The van der Waals surface area contributed by atoms with E-state index in [0.717, 1.165) is 11.4 Å². The molecule has 0 heterocycles. The summed E-state index contributed by atoms with van der Waals surface area (Å²) in [4.78, 5) is 28.6. The number of phenolic OH excluding ortho intramolecular Hbond substituents is 1. The topological polar surface area (TPSA) is 69.6 Å². The maximum absolute atomic E-state index is 13.8. The molecule has 0 saturated carbocycles. The van der Waals surface area contributed by atoms with Gasteiger partial charge in [-0.2, -0.15) is 0 Å². The summed E-state index contributed by atoms with van der Waals surface area (Å²) < 4.78 is 0. The van der Waals surface area contributed by atoms with Crippen molar-refractivity contribution in [3.8, 4) is 5.75 Å². The first kappa shape index (κ1) is 20.4. The Morgan fingerprint density at radius 2 is 1.35 bits per heavy atom. The fourth-order valence-electron chi connectivity index (χ4n) is 3.92. The second-order valence-electron chi connectivity index (χ2n) is 7.54. The molecular formula is C26H24N2O3. The van der Waals surface area contributed by atoms with E-state index in [2.05, 4.69) is 5.32 Å². The summed E-state index contributed by atoms with van der Waals surface area (Å²) in [5.74, 6) is -1.27. The van der Waals surface area contributed by atoms with Gasteiger partial charge in [0, 0.05) is 23.1 Å². The van der Waals surface area contributed by atoms with Gasteiger partial charge in [-0.05, 0) is 49.2 Å². The number of para-hydroxylation sites is 2. The fraction of sp³-hybridized carbons (Fsp3) is 0.154. The molecule has 3 aromatic rings. The molecule has 156 valence electrons. The lowest BCUT2D eigenvalue weighted by Gasteiger charge is -2.32. The van der Waals surface area contributed by atoms with Gasteiger partial charge >= 0.3 is 0 Å². The zero-order chi connectivity index (χ0) is 21.6. The van der Waals surface area contributed by atoms with Crippen molar-refractivity contribution in [2.75, 3.05) is 10.2 Å². The van der Waals surface area contributed by atoms with Crippen molar-refractivity contribution < 1.29 is 14.7 Å². The van der Waals surface area contributed by atoms with Crippen molar-refractivity contribution in [3.63, 3.8) is 0 Å². The molecule has 0 aliphatic heterocycles. The van der Waals surface area contributed by atoms with Crippen LogP contribution in [0.4, 0.5) is 17.1 Å². The molecule has 2 unspecified atom stereocenters. The summed E-state index contributed by atoms with van der Waals surface area (Å²) in [6.07, 6.45) is 4.90.